The first-order chi connectivity index (χ1) is 10.6. The molecule has 2 N–H and O–H groups in total. The van der Waals surface area contributed by atoms with Gasteiger partial charge in [-0.3, -0.25) is 0 Å². The Labute approximate surface area is 129 Å². The van der Waals surface area contributed by atoms with Crippen molar-refractivity contribution in [2.45, 2.75) is 39.2 Å². The summed E-state index contributed by atoms with van der Waals surface area (Å²) in [6, 6.07) is 6.91. The highest BCUT2D eigenvalue weighted by molar-refractivity contribution is 5.87. The second kappa shape index (κ2) is 6.13. The molecule has 5 nitrogen and oxygen atoms in total. The summed E-state index contributed by atoms with van der Waals surface area (Å²) in [6.45, 7) is 2.55. The maximum absolute atomic E-state index is 10.9. The van der Waals surface area contributed by atoms with Gasteiger partial charge in [0.1, 0.15) is 11.6 Å². The summed E-state index contributed by atoms with van der Waals surface area (Å²) >= 11 is 0. The summed E-state index contributed by atoms with van der Waals surface area (Å²) in [5.74, 6) is 0.814. The molecule has 0 atom stereocenters. The van der Waals surface area contributed by atoms with Crippen molar-refractivity contribution in [2.24, 2.45) is 0 Å². The third-order valence-corrected chi connectivity index (χ3v) is 3.96. The van der Waals surface area contributed by atoms with Gasteiger partial charge in [0.15, 0.2) is 0 Å². The quantitative estimate of drug-likeness (QED) is 0.907. The zero-order valence-corrected chi connectivity index (χ0v) is 12.6. The van der Waals surface area contributed by atoms with Crippen molar-refractivity contribution in [1.82, 2.24) is 9.97 Å². The third kappa shape index (κ3) is 3.08. The Bertz CT molecular complexity index is 696. The molecular formula is C17H19N3O2. The molecule has 1 heterocycles. The van der Waals surface area contributed by atoms with E-state index in [0.717, 1.165) is 30.0 Å². The molecule has 0 amide bonds. The van der Waals surface area contributed by atoms with Crippen LogP contribution in [-0.2, 0) is 19.4 Å². The number of fused-ring (bicyclic) bond motifs is 1. The average Bonchev–Trinajstić information content (AvgIpc) is 2.52. The SMILES string of the molecule is Cc1nc2c(c(NCc3ccc(C(=O)O)cc3)n1)CCCC2. The lowest BCUT2D eigenvalue weighted by molar-refractivity contribution is 0.0697. The van der Waals surface area contributed by atoms with Gasteiger partial charge in [0, 0.05) is 17.8 Å². The number of rotatable bonds is 4. The van der Waals surface area contributed by atoms with Crippen molar-refractivity contribution >= 4 is 11.8 Å². The Balaban J connectivity index is 1.76. The molecule has 1 aromatic carbocycles. The van der Waals surface area contributed by atoms with Gasteiger partial charge in [-0.2, -0.15) is 0 Å². The first-order valence-electron chi connectivity index (χ1n) is 7.56. The van der Waals surface area contributed by atoms with Crippen molar-refractivity contribution < 1.29 is 9.90 Å². The maximum Gasteiger partial charge on any atom is 0.335 e. The Morgan fingerprint density at radius 2 is 1.91 bits per heavy atom. The molecule has 0 radical (unpaired) electrons. The number of aromatic carboxylic acids is 1. The van der Waals surface area contributed by atoms with Crippen LogP contribution < -0.4 is 5.32 Å². The highest BCUT2D eigenvalue weighted by Crippen LogP contribution is 2.25. The molecule has 0 spiro atoms. The molecule has 1 aromatic heterocycles. The average molecular weight is 297 g/mol. The zero-order valence-electron chi connectivity index (χ0n) is 12.6. The fraction of sp³-hybridized carbons (Fsp3) is 0.353. The Morgan fingerprint density at radius 3 is 2.64 bits per heavy atom. The van der Waals surface area contributed by atoms with Crippen molar-refractivity contribution in [1.29, 1.82) is 0 Å². The fourth-order valence-corrected chi connectivity index (χ4v) is 2.81. The highest BCUT2D eigenvalue weighted by Gasteiger charge is 2.16. The van der Waals surface area contributed by atoms with E-state index < -0.39 is 5.97 Å². The molecule has 0 unspecified atom stereocenters. The van der Waals surface area contributed by atoms with Crippen LogP contribution in [0.4, 0.5) is 5.82 Å². The fourth-order valence-electron chi connectivity index (χ4n) is 2.81. The molecule has 0 saturated carbocycles. The van der Waals surface area contributed by atoms with E-state index in [1.807, 2.05) is 19.1 Å². The normalized spacial score (nSPS) is 13.5. The van der Waals surface area contributed by atoms with Gasteiger partial charge in [-0.25, -0.2) is 14.8 Å². The molecule has 1 aliphatic carbocycles. The summed E-state index contributed by atoms with van der Waals surface area (Å²) in [4.78, 5) is 19.9. The largest absolute Gasteiger partial charge is 0.478 e. The van der Waals surface area contributed by atoms with Gasteiger partial charge < -0.3 is 10.4 Å². The summed E-state index contributed by atoms with van der Waals surface area (Å²) < 4.78 is 0. The van der Waals surface area contributed by atoms with E-state index in [2.05, 4.69) is 15.3 Å². The first kappa shape index (κ1) is 14.5. The van der Waals surface area contributed by atoms with Crippen LogP contribution in [0.1, 0.15) is 45.8 Å². The van der Waals surface area contributed by atoms with E-state index in [4.69, 9.17) is 5.11 Å². The van der Waals surface area contributed by atoms with Gasteiger partial charge in [-0.1, -0.05) is 12.1 Å². The molecule has 5 heteroatoms. The highest BCUT2D eigenvalue weighted by atomic mass is 16.4. The molecule has 114 valence electrons. The van der Waals surface area contributed by atoms with Crippen LogP contribution in [-0.4, -0.2) is 21.0 Å². The third-order valence-electron chi connectivity index (χ3n) is 3.96. The predicted molar refractivity (Wildman–Crippen MR) is 84.1 cm³/mol. The molecule has 3 rings (SSSR count). The number of carboxylic acid groups (broad SMARTS) is 1. The molecule has 0 saturated heterocycles. The standard InChI is InChI=1S/C17H19N3O2/c1-11-19-15-5-3-2-4-14(15)16(20-11)18-10-12-6-8-13(9-7-12)17(21)22/h6-9H,2-5,10H2,1H3,(H,21,22)(H,18,19,20). The van der Waals surface area contributed by atoms with E-state index in [1.54, 1.807) is 12.1 Å². The van der Waals surface area contributed by atoms with Crippen LogP contribution in [0.15, 0.2) is 24.3 Å². The lowest BCUT2D eigenvalue weighted by Crippen LogP contribution is -2.13. The number of anilines is 1. The lowest BCUT2D eigenvalue weighted by Gasteiger charge is -2.19. The smallest absolute Gasteiger partial charge is 0.335 e. The number of benzene rings is 1. The number of hydrogen-bond acceptors (Lipinski definition) is 4. The molecular weight excluding hydrogens is 278 g/mol. The molecule has 1 aliphatic rings. The predicted octanol–water partition coefficient (Wildman–Crippen LogP) is 2.97. The van der Waals surface area contributed by atoms with Crippen LogP contribution in [0.25, 0.3) is 0 Å². The molecule has 2 aromatic rings. The number of aryl methyl sites for hydroxylation is 2. The topological polar surface area (TPSA) is 75.1 Å². The number of aromatic nitrogens is 2. The van der Waals surface area contributed by atoms with Crippen LogP contribution in [0, 0.1) is 6.92 Å². The second-order valence-corrected chi connectivity index (χ2v) is 5.61. The second-order valence-electron chi connectivity index (χ2n) is 5.61. The minimum absolute atomic E-state index is 0.305. The number of nitrogens with zero attached hydrogens (tertiary/aromatic N) is 2. The summed E-state index contributed by atoms with van der Waals surface area (Å²) in [5, 5.41) is 12.3. The van der Waals surface area contributed by atoms with Crippen molar-refractivity contribution in [2.75, 3.05) is 5.32 Å². The minimum Gasteiger partial charge on any atom is -0.478 e. The van der Waals surface area contributed by atoms with Crippen LogP contribution in [0.5, 0.6) is 0 Å². The van der Waals surface area contributed by atoms with Crippen molar-refractivity contribution in [3.05, 3.63) is 52.5 Å². The van der Waals surface area contributed by atoms with Gasteiger partial charge in [-0.15, -0.1) is 0 Å². The van der Waals surface area contributed by atoms with Crippen LogP contribution in [0.2, 0.25) is 0 Å². The van der Waals surface area contributed by atoms with Crippen LogP contribution in [0.3, 0.4) is 0 Å². The summed E-state index contributed by atoms with van der Waals surface area (Å²) in [7, 11) is 0. The Hall–Kier alpha value is -2.43. The number of carbonyl (C=O) groups is 1. The van der Waals surface area contributed by atoms with E-state index in [-0.39, 0.29) is 0 Å². The summed E-state index contributed by atoms with van der Waals surface area (Å²) in [6.07, 6.45) is 4.43. The van der Waals surface area contributed by atoms with E-state index in [9.17, 15) is 4.79 Å². The van der Waals surface area contributed by atoms with Gasteiger partial charge >= 0.3 is 5.97 Å². The van der Waals surface area contributed by atoms with Crippen molar-refractivity contribution in [3.8, 4) is 0 Å². The van der Waals surface area contributed by atoms with E-state index in [0.29, 0.717) is 12.1 Å². The summed E-state index contributed by atoms with van der Waals surface area (Å²) in [5.41, 5.74) is 3.74. The van der Waals surface area contributed by atoms with Gasteiger partial charge in [-0.05, 0) is 50.3 Å². The van der Waals surface area contributed by atoms with Gasteiger partial charge in [0.2, 0.25) is 0 Å². The Morgan fingerprint density at radius 1 is 1.18 bits per heavy atom. The number of nitrogens with one attached hydrogen (secondary N) is 1. The monoisotopic (exact) mass is 297 g/mol. The molecule has 22 heavy (non-hydrogen) atoms. The molecule has 0 aliphatic heterocycles. The van der Waals surface area contributed by atoms with Crippen LogP contribution >= 0.6 is 0 Å². The number of carboxylic acids is 1. The first-order valence-corrected chi connectivity index (χ1v) is 7.56. The van der Waals surface area contributed by atoms with Gasteiger partial charge in [0.05, 0.1) is 5.56 Å². The van der Waals surface area contributed by atoms with Gasteiger partial charge in [0.25, 0.3) is 0 Å². The maximum atomic E-state index is 10.9. The molecule has 0 bridgehead atoms. The van der Waals surface area contributed by atoms with E-state index >= 15 is 0 Å². The zero-order chi connectivity index (χ0) is 15.5. The van der Waals surface area contributed by atoms with Crippen molar-refractivity contribution in [3.63, 3.8) is 0 Å². The lowest BCUT2D eigenvalue weighted by atomic mass is 9.96. The Kier molecular flexibility index (Phi) is 4.04. The number of hydrogen-bond donors (Lipinski definition) is 2. The van der Waals surface area contributed by atoms with E-state index in [1.165, 1.54) is 24.1 Å². The minimum atomic E-state index is -0.903. The molecule has 0 fully saturated rings.